The van der Waals surface area contributed by atoms with Gasteiger partial charge in [-0.3, -0.25) is 4.79 Å². The number of aromatic nitrogens is 2. The number of anilines is 1. The number of carbonyl (C=O) groups is 1. The Hall–Kier alpha value is -3.66. The molecule has 0 radical (unpaired) electrons. The molecule has 0 atom stereocenters. The normalized spacial score (nSPS) is 11.2. The molecular weight excluding hydrogens is 358 g/mol. The number of nitrogens with one attached hydrogen (secondary N) is 1. The van der Waals surface area contributed by atoms with Crippen molar-refractivity contribution in [1.82, 2.24) is 9.55 Å². The second kappa shape index (κ2) is 8.15. The summed E-state index contributed by atoms with van der Waals surface area (Å²) in [4.78, 5) is 17.5. The highest BCUT2D eigenvalue weighted by Crippen LogP contribution is 2.19. The summed E-state index contributed by atoms with van der Waals surface area (Å²) in [6.45, 7) is 4.30. The summed E-state index contributed by atoms with van der Waals surface area (Å²) in [5.74, 6) is 0.677. The number of carbonyl (C=O) groups excluding carboxylic acids is 1. The largest absolute Gasteiger partial charge is 0.325 e. The van der Waals surface area contributed by atoms with Crippen LogP contribution in [0.1, 0.15) is 22.5 Å². The van der Waals surface area contributed by atoms with E-state index in [0.717, 1.165) is 33.7 Å². The minimum absolute atomic E-state index is 0.0780. The van der Waals surface area contributed by atoms with Crippen molar-refractivity contribution in [2.75, 3.05) is 5.32 Å². The summed E-state index contributed by atoms with van der Waals surface area (Å²) >= 11 is 0. The summed E-state index contributed by atoms with van der Waals surface area (Å²) in [6.07, 6.45) is 3.97. The molecule has 0 aliphatic carbocycles. The van der Waals surface area contributed by atoms with Gasteiger partial charge in [0.2, 0.25) is 5.91 Å². The summed E-state index contributed by atoms with van der Waals surface area (Å²) < 4.78 is 1.95. The Kier molecular flexibility index (Phi) is 5.25. The van der Waals surface area contributed by atoms with Gasteiger partial charge in [0, 0.05) is 5.69 Å². The molecule has 144 valence electrons. The minimum Gasteiger partial charge on any atom is -0.325 e. The Morgan fingerprint density at radius 3 is 2.48 bits per heavy atom. The van der Waals surface area contributed by atoms with Crippen LogP contribution >= 0.6 is 0 Å². The number of fused-ring (bicyclic) bond motifs is 1. The monoisotopic (exact) mass is 381 g/mol. The molecule has 0 aliphatic rings. The average Bonchev–Trinajstić information content (AvgIpc) is 3.07. The van der Waals surface area contributed by atoms with Crippen LogP contribution in [0.5, 0.6) is 0 Å². The molecule has 0 saturated heterocycles. The van der Waals surface area contributed by atoms with Gasteiger partial charge < -0.3 is 9.88 Å². The van der Waals surface area contributed by atoms with Crippen molar-refractivity contribution < 1.29 is 4.79 Å². The highest BCUT2D eigenvalue weighted by molar-refractivity contribution is 5.92. The lowest BCUT2D eigenvalue weighted by atomic mass is 10.1. The van der Waals surface area contributed by atoms with Gasteiger partial charge in [0.1, 0.15) is 12.4 Å². The molecule has 0 unspecified atom stereocenters. The molecule has 0 saturated carbocycles. The van der Waals surface area contributed by atoms with Gasteiger partial charge in [-0.2, -0.15) is 0 Å². The maximum atomic E-state index is 12.8. The van der Waals surface area contributed by atoms with Crippen molar-refractivity contribution in [1.29, 1.82) is 0 Å². The van der Waals surface area contributed by atoms with Crippen LogP contribution in [0.4, 0.5) is 5.69 Å². The molecule has 4 rings (SSSR count). The minimum atomic E-state index is -0.0780. The van der Waals surface area contributed by atoms with E-state index in [1.807, 2.05) is 96.4 Å². The number of hydrogen-bond donors (Lipinski definition) is 1. The van der Waals surface area contributed by atoms with Crippen LogP contribution in [-0.2, 0) is 11.3 Å². The van der Waals surface area contributed by atoms with Crippen molar-refractivity contribution in [3.63, 3.8) is 0 Å². The molecule has 3 aromatic carbocycles. The van der Waals surface area contributed by atoms with E-state index in [-0.39, 0.29) is 12.5 Å². The van der Waals surface area contributed by atoms with E-state index in [1.165, 1.54) is 5.56 Å². The van der Waals surface area contributed by atoms with Crippen LogP contribution in [-0.4, -0.2) is 15.5 Å². The Bertz CT molecular complexity index is 1190. The van der Waals surface area contributed by atoms with Gasteiger partial charge in [-0.05, 0) is 60.9 Å². The molecule has 4 nitrogen and oxygen atoms in total. The van der Waals surface area contributed by atoms with E-state index in [0.29, 0.717) is 0 Å². The van der Waals surface area contributed by atoms with Gasteiger partial charge in [0.25, 0.3) is 0 Å². The van der Waals surface area contributed by atoms with Crippen LogP contribution in [0, 0.1) is 13.8 Å². The molecule has 1 heterocycles. The molecule has 0 spiro atoms. The van der Waals surface area contributed by atoms with E-state index < -0.39 is 0 Å². The summed E-state index contributed by atoms with van der Waals surface area (Å²) in [5, 5.41) is 3.00. The van der Waals surface area contributed by atoms with Crippen LogP contribution in [0.2, 0.25) is 0 Å². The molecule has 1 aromatic heterocycles. The van der Waals surface area contributed by atoms with Gasteiger partial charge in [-0.1, -0.05) is 54.6 Å². The first kappa shape index (κ1) is 18.7. The third-order valence-corrected chi connectivity index (χ3v) is 5.00. The fourth-order valence-electron chi connectivity index (χ4n) is 3.29. The second-order valence-electron chi connectivity index (χ2n) is 7.14. The lowest BCUT2D eigenvalue weighted by molar-refractivity contribution is -0.116. The van der Waals surface area contributed by atoms with Gasteiger partial charge >= 0.3 is 0 Å². The van der Waals surface area contributed by atoms with E-state index in [2.05, 4.69) is 12.2 Å². The zero-order valence-corrected chi connectivity index (χ0v) is 16.6. The van der Waals surface area contributed by atoms with Crippen molar-refractivity contribution in [3.05, 3.63) is 95.3 Å². The average molecular weight is 381 g/mol. The third-order valence-electron chi connectivity index (χ3n) is 5.00. The molecular formula is C25H23N3O. The summed E-state index contributed by atoms with van der Waals surface area (Å²) in [5.41, 5.74) is 6.07. The maximum absolute atomic E-state index is 12.8. The number of imidazole rings is 1. The number of para-hydroxylation sites is 2. The van der Waals surface area contributed by atoms with Crippen molar-refractivity contribution >= 4 is 34.8 Å². The molecule has 0 fully saturated rings. The molecule has 0 aliphatic heterocycles. The Balaban J connectivity index is 1.62. The van der Waals surface area contributed by atoms with Gasteiger partial charge in [-0.25, -0.2) is 4.98 Å². The Labute approximate surface area is 170 Å². The van der Waals surface area contributed by atoms with Crippen LogP contribution in [0.25, 0.3) is 23.2 Å². The highest BCUT2D eigenvalue weighted by atomic mass is 16.1. The zero-order valence-electron chi connectivity index (χ0n) is 16.6. The predicted molar refractivity (Wildman–Crippen MR) is 120 cm³/mol. The number of nitrogens with zero attached hydrogens (tertiary/aromatic N) is 2. The summed E-state index contributed by atoms with van der Waals surface area (Å²) in [6, 6.07) is 23.9. The predicted octanol–water partition coefficient (Wildman–Crippen LogP) is 5.46. The SMILES string of the molecule is Cc1ccc(NC(=O)Cn2c(C=Cc3ccccc3)nc3ccccc32)cc1C. The van der Waals surface area contributed by atoms with Gasteiger partial charge in [0.15, 0.2) is 0 Å². The maximum Gasteiger partial charge on any atom is 0.244 e. The first-order valence-electron chi connectivity index (χ1n) is 9.66. The Morgan fingerprint density at radius 2 is 1.69 bits per heavy atom. The van der Waals surface area contributed by atoms with Crippen molar-refractivity contribution in [2.45, 2.75) is 20.4 Å². The number of hydrogen-bond acceptors (Lipinski definition) is 2. The lowest BCUT2D eigenvalue weighted by Gasteiger charge is -2.10. The number of benzene rings is 3. The quantitative estimate of drug-likeness (QED) is 0.499. The van der Waals surface area contributed by atoms with E-state index >= 15 is 0 Å². The number of amides is 1. The molecule has 4 heteroatoms. The summed E-state index contributed by atoms with van der Waals surface area (Å²) in [7, 11) is 0. The van der Waals surface area contributed by atoms with Gasteiger partial charge in [0.05, 0.1) is 11.0 Å². The fraction of sp³-hybridized carbons (Fsp3) is 0.120. The fourth-order valence-corrected chi connectivity index (χ4v) is 3.29. The highest BCUT2D eigenvalue weighted by Gasteiger charge is 2.12. The smallest absolute Gasteiger partial charge is 0.244 e. The van der Waals surface area contributed by atoms with Crippen molar-refractivity contribution in [3.8, 4) is 0 Å². The molecule has 1 N–H and O–H groups in total. The molecule has 29 heavy (non-hydrogen) atoms. The number of aryl methyl sites for hydroxylation is 2. The topological polar surface area (TPSA) is 46.9 Å². The van der Waals surface area contributed by atoms with E-state index in [4.69, 9.17) is 4.98 Å². The van der Waals surface area contributed by atoms with Crippen molar-refractivity contribution in [2.24, 2.45) is 0 Å². The van der Waals surface area contributed by atoms with Crippen LogP contribution in [0.15, 0.2) is 72.8 Å². The first-order valence-corrected chi connectivity index (χ1v) is 9.66. The first-order chi connectivity index (χ1) is 14.1. The Morgan fingerprint density at radius 1 is 0.931 bits per heavy atom. The molecule has 0 bridgehead atoms. The number of rotatable bonds is 5. The van der Waals surface area contributed by atoms with Gasteiger partial charge in [-0.15, -0.1) is 0 Å². The third kappa shape index (κ3) is 4.27. The van der Waals surface area contributed by atoms with E-state index in [9.17, 15) is 4.79 Å². The lowest BCUT2D eigenvalue weighted by Crippen LogP contribution is -2.19. The standard InChI is InChI=1S/C25H23N3O/c1-18-12-14-21(16-19(18)2)26-25(29)17-28-23-11-7-6-10-22(23)27-24(28)15-13-20-8-4-3-5-9-20/h3-16H,17H2,1-2H3,(H,26,29). The van der Waals surface area contributed by atoms with Crippen LogP contribution < -0.4 is 5.32 Å². The van der Waals surface area contributed by atoms with Crippen LogP contribution in [0.3, 0.4) is 0 Å². The second-order valence-corrected chi connectivity index (χ2v) is 7.14. The zero-order chi connectivity index (χ0) is 20.2. The van der Waals surface area contributed by atoms with E-state index in [1.54, 1.807) is 0 Å². The molecule has 4 aromatic rings. The molecule has 1 amide bonds.